The first-order valence-corrected chi connectivity index (χ1v) is 8.80. The minimum Gasteiger partial charge on any atom is -0.356 e. The van der Waals surface area contributed by atoms with Crippen LogP contribution in [0.3, 0.4) is 0 Å². The molecule has 0 saturated heterocycles. The Morgan fingerprint density at radius 2 is 1.69 bits per heavy atom. The molecule has 0 radical (unpaired) electrons. The maximum absolute atomic E-state index is 12.3. The number of amides is 2. The molecule has 1 fully saturated rings. The van der Waals surface area contributed by atoms with Gasteiger partial charge in [0.25, 0.3) is 0 Å². The monoisotopic (exact) mass is 347 g/mol. The molecule has 0 heterocycles. The molecule has 0 aromatic heterocycles. The van der Waals surface area contributed by atoms with Gasteiger partial charge in [-0.15, -0.1) is 0 Å². The van der Waals surface area contributed by atoms with Gasteiger partial charge in [-0.2, -0.15) is 5.26 Å². The Morgan fingerprint density at radius 3 is 2.46 bits per heavy atom. The van der Waals surface area contributed by atoms with Crippen molar-refractivity contribution in [1.29, 1.82) is 5.26 Å². The second-order valence-corrected chi connectivity index (χ2v) is 6.48. The number of carbonyl (C=O) groups is 2. The second-order valence-electron chi connectivity index (χ2n) is 6.48. The summed E-state index contributed by atoms with van der Waals surface area (Å²) in [5.74, 6) is -0.833. The van der Waals surface area contributed by atoms with E-state index in [9.17, 15) is 9.59 Å². The third-order valence-corrected chi connectivity index (χ3v) is 4.55. The summed E-state index contributed by atoms with van der Waals surface area (Å²) in [6.07, 6.45) is 2.35. The second kappa shape index (κ2) is 8.30. The number of nitriles is 1. The summed E-state index contributed by atoms with van der Waals surface area (Å²) < 4.78 is 0. The molecule has 5 nitrogen and oxygen atoms in total. The topological polar surface area (TPSA) is 82.0 Å². The van der Waals surface area contributed by atoms with Crippen molar-refractivity contribution in [3.8, 4) is 6.07 Å². The molecule has 132 valence electrons. The molecule has 2 unspecified atom stereocenters. The van der Waals surface area contributed by atoms with E-state index in [2.05, 4.69) is 22.8 Å². The molecule has 2 atom stereocenters. The number of aryl methyl sites for hydroxylation is 1. The first-order chi connectivity index (χ1) is 12.7. The number of hydrogen-bond acceptors (Lipinski definition) is 3. The highest BCUT2D eigenvalue weighted by atomic mass is 16.2. The summed E-state index contributed by atoms with van der Waals surface area (Å²) >= 11 is 0. The molecule has 3 rings (SSSR count). The summed E-state index contributed by atoms with van der Waals surface area (Å²) in [5.41, 5.74) is 2.17. The maximum Gasteiger partial charge on any atom is 0.228 e. The van der Waals surface area contributed by atoms with Gasteiger partial charge in [0.15, 0.2) is 0 Å². The molecule has 0 bridgehead atoms. The van der Waals surface area contributed by atoms with Crippen LogP contribution in [0, 0.1) is 23.2 Å². The van der Waals surface area contributed by atoms with E-state index in [1.807, 2.05) is 24.3 Å². The molecule has 2 N–H and O–H groups in total. The van der Waals surface area contributed by atoms with Gasteiger partial charge in [0.1, 0.15) is 6.07 Å². The van der Waals surface area contributed by atoms with Crippen LogP contribution in [0.5, 0.6) is 0 Å². The highest BCUT2D eigenvalue weighted by Gasteiger charge is 2.47. The lowest BCUT2D eigenvalue weighted by atomic mass is 10.1. The molecule has 2 aromatic rings. The van der Waals surface area contributed by atoms with Crippen molar-refractivity contribution in [2.75, 3.05) is 11.9 Å². The van der Waals surface area contributed by atoms with E-state index in [0.717, 1.165) is 12.8 Å². The molecule has 1 aliphatic carbocycles. The van der Waals surface area contributed by atoms with Crippen LogP contribution in [0.15, 0.2) is 54.6 Å². The Morgan fingerprint density at radius 1 is 1.00 bits per heavy atom. The van der Waals surface area contributed by atoms with Crippen LogP contribution in [-0.2, 0) is 16.0 Å². The number of hydrogen-bond donors (Lipinski definition) is 2. The van der Waals surface area contributed by atoms with E-state index in [4.69, 9.17) is 5.26 Å². The average Bonchev–Trinajstić information content (AvgIpc) is 3.47. The van der Waals surface area contributed by atoms with Crippen LogP contribution >= 0.6 is 0 Å². The van der Waals surface area contributed by atoms with Gasteiger partial charge in [0.2, 0.25) is 11.8 Å². The highest BCUT2D eigenvalue weighted by Crippen LogP contribution is 2.39. The number of para-hydroxylation sites is 1. The van der Waals surface area contributed by atoms with Crippen LogP contribution in [-0.4, -0.2) is 18.4 Å². The zero-order chi connectivity index (χ0) is 18.4. The van der Waals surface area contributed by atoms with Gasteiger partial charge in [-0.1, -0.05) is 42.5 Å². The lowest BCUT2D eigenvalue weighted by molar-refractivity contribution is -0.125. The summed E-state index contributed by atoms with van der Waals surface area (Å²) in [5, 5.41) is 14.7. The van der Waals surface area contributed by atoms with Gasteiger partial charge in [-0.05, 0) is 37.0 Å². The highest BCUT2D eigenvalue weighted by molar-refractivity contribution is 6.00. The molecular formula is C21H21N3O2. The molecule has 2 aromatic carbocycles. The van der Waals surface area contributed by atoms with Crippen LogP contribution in [0.1, 0.15) is 24.0 Å². The Labute approximate surface area is 153 Å². The zero-order valence-electron chi connectivity index (χ0n) is 14.4. The minimum atomic E-state index is -0.309. The molecule has 26 heavy (non-hydrogen) atoms. The predicted molar refractivity (Wildman–Crippen MR) is 99.2 cm³/mol. The number of nitrogens with one attached hydrogen (secondary N) is 2. The van der Waals surface area contributed by atoms with Crippen molar-refractivity contribution < 1.29 is 9.59 Å². The van der Waals surface area contributed by atoms with Crippen molar-refractivity contribution in [3.63, 3.8) is 0 Å². The Balaban J connectivity index is 1.41. The number of rotatable bonds is 7. The van der Waals surface area contributed by atoms with Gasteiger partial charge in [-0.3, -0.25) is 9.59 Å². The molecule has 1 saturated carbocycles. The largest absolute Gasteiger partial charge is 0.356 e. The Bertz CT molecular complexity index is 827. The number of benzene rings is 2. The molecule has 5 heteroatoms. The lowest BCUT2D eigenvalue weighted by Crippen LogP contribution is -2.28. The van der Waals surface area contributed by atoms with E-state index in [-0.39, 0.29) is 23.7 Å². The van der Waals surface area contributed by atoms with Gasteiger partial charge in [-0.25, -0.2) is 0 Å². The van der Waals surface area contributed by atoms with Gasteiger partial charge in [0.05, 0.1) is 23.1 Å². The van der Waals surface area contributed by atoms with Crippen LogP contribution in [0.2, 0.25) is 0 Å². The van der Waals surface area contributed by atoms with E-state index in [1.165, 1.54) is 5.56 Å². The maximum atomic E-state index is 12.3. The number of nitrogens with zero attached hydrogens (tertiary/aromatic N) is 1. The molecule has 2 amide bonds. The fraction of sp³-hybridized carbons (Fsp3) is 0.286. The van der Waals surface area contributed by atoms with E-state index in [0.29, 0.717) is 24.2 Å². The summed E-state index contributed by atoms with van der Waals surface area (Å²) in [4.78, 5) is 24.4. The average molecular weight is 347 g/mol. The Hall–Kier alpha value is -3.13. The SMILES string of the molecule is N#Cc1ccccc1NC(=O)C1CC1C(=O)NCCCc1ccccc1. The van der Waals surface area contributed by atoms with Gasteiger partial charge in [0, 0.05) is 6.54 Å². The van der Waals surface area contributed by atoms with Crippen molar-refractivity contribution in [2.45, 2.75) is 19.3 Å². The fourth-order valence-electron chi connectivity index (χ4n) is 2.97. The standard InChI is InChI=1S/C21H21N3O2/c22-14-16-10-4-5-11-19(16)24-21(26)18-13-17(18)20(25)23-12-6-9-15-7-2-1-3-8-15/h1-5,7-8,10-11,17-18H,6,9,12-13H2,(H,23,25)(H,24,26). The third-order valence-electron chi connectivity index (χ3n) is 4.55. The molecular weight excluding hydrogens is 326 g/mol. The Kier molecular flexibility index (Phi) is 5.65. The number of carbonyl (C=O) groups excluding carboxylic acids is 2. The van der Waals surface area contributed by atoms with Crippen LogP contribution in [0.25, 0.3) is 0 Å². The first-order valence-electron chi connectivity index (χ1n) is 8.80. The van der Waals surface area contributed by atoms with Gasteiger partial charge >= 0.3 is 0 Å². The molecule has 0 aliphatic heterocycles. The van der Waals surface area contributed by atoms with Crippen molar-refractivity contribution in [1.82, 2.24) is 5.32 Å². The van der Waals surface area contributed by atoms with Crippen LogP contribution in [0.4, 0.5) is 5.69 Å². The smallest absolute Gasteiger partial charge is 0.228 e. The predicted octanol–water partition coefficient (Wildman–Crippen LogP) is 2.88. The van der Waals surface area contributed by atoms with E-state index >= 15 is 0 Å². The normalized spacial score (nSPS) is 17.8. The molecule has 1 aliphatic rings. The zero-order valence-corrected chi connectivity index (χ0v) is 14.4. The lowest BCUT2D eigenvalue weighted by Gasteiger charge is -2.07. The van der Waals surface area contributed by atoms with E-state index in [1.54, 1.807) is 24.3 Å². The van der Waals surface area contributed by atoms with Gasteiger partial charge < -0.3 is 10.6 Å². The summed E-state index contributed by atoms with van der Waals surface area (Å²) in [7, 11) is 0. The van der Waals surface area contributed by atoms with Crippen molar-refractivity contribution >= 4 is 17.5 Å². The van der Waals surface area contributed by atoms with Crippen molar-refractivity contribution in [3.05, 3.63) is 65.7 Å². The minimum absolute atomic E-state index is 0.0632. The third kappa shape index (κ3) is 4.48. The summed E-state index contributed by atoms with van der Waals surface area (Å²) in [6.45, 7) is 0.607. The quantitative estimate of drug-likeness (QED) is 0.756. The van der Waals surface area contributed by atoms with E-state index < -0.39 is 0 Å². The first kappa shape index (κ1) is 17.7. The van der Waals surface area contributed by atoms with Crippen molar-refractivity contribution in [2.24, 2.45) is 11.8 Å². The number of anilines is 1. The fourth-order valence-corrected chi connectivity index (χ4v) is 2.97. The molecule has 0 spiro atoms. The van der Waals surface area contributed by atoms with Crippen LogP contribution < -0.4 is 10.6 Å². The summed E-state index contributed by atoms with van der Waals surface area (Å²) in [6, 6.07) is 19.0.